The normalized spacial score (nSPS) is 25.4. The molecular formula is C19H26N6O2. The van der Waals surface area contributed by atoms with Crippen LogP contribution in [-0.2, 0) is 10.2 Å². The lowest BCUT2D eigenvalue weighted by molar-refractivity contribution is -0.124. The highest BCUT2D eigenvalue weighted by Gasteiger charge is 2.44. The summed E-state index contributed by atoms with van der Waals surface area (Å²) >= 11 is 0. The van der Waals surface area contributed by atoms with Gasteiger partial charge in [0.1, 0.15) is 5.41 Å². The summed E-state index contributed by atoms with van der Waals surface area (Å²) in [5, 5.41) is 14.6. The Morgan fingerprint density at radius 2 is 1.85 bits per heavy atom. The number of amides is 1. The van der Waals surface area contributed by atoms with Gasteiger partial charge in [-0.2, -0.15) is 0 Å². The summed E-state index contributed by atoms with van der Waals surface area (Å²) in [5.74, 6) is 1.18. The van der Waals surface area contributed by atoms with Crippen LogP contribution in [0.3, 0.4) is 0 Å². The van der Waals surface area contributed by atoms with E-state index in [0.717, 1.165) is 12.8 Å². The van der Waals surface area contributed by atoms with Crippen molar-refractivity contribution in [3.05, 3.63) is 18.3 Å². The molecule has 144 valence electrons. The van der Waals surface area contributed by atoms with Gasteiger partial charge in [-0.1, -0.05) is 13.8 Å². The van der Waals surface area contributed by atoms with Gasteiger partial charge in [-0.15, -0.1) is 10.2 Å². The number of nitrogens with zero attached hydrogens (tertiary/aromatic N) is 4. The fourth-order valence-corrected chi connectivity index (χ4v) is 3.82. The summed E-state index contributed by atoms with van der Waals surface area (Å²) in [6.45, 7) is 7.07. The summed E-state index contributed by atoms with van der Waals surface area (Å²) in [6, 6.07) is 0.356. The van der Waals surface area contributed by atoms with Crippen molar-refractivity contribution < 1.29 is 9.21 Å². The molecule has 3 heterocycles. The molecule has 1 amide bonds. The largest absolute Gasteiger partial charge is 0.418 e. The standard InChI is InChI=1S/C19H26N6O2/c1-18(2)6-4-12(5-7-18)23-14-13(20-10-11-21-14)15-24-25-17(27-15)19(3)8-9-22-16(19)26/h10-12H,4-9H2,1-3H3,(H,21,23)(H,22,26)/t19-/m1/s1. The minimum Gasteiger partial charge on any atom is -0.418 e. The van der Waals surface area contributed by atoms with Crippen molar-refractivity contribution in [2.75, 3.05) is 11.9 Å². The van der Waals surface area contributed by atoms with Crippen LogP contribution in [-0.4, -0.2) is 38.7 Å². The first-order valence-corrected chi connectivity index (χ1v) is 9.58. The van der Waals surface area contributed by atoms with Gasteiger partial charge in [-0.05, 0) is 44.4 Å². The van der Waals surface area contributed by atoms with Crippen molar-refractivity contribution in [2.24, 2.45) is 5.41 Å². The Bertz CT molecular complexity index is 838. The predicted octanol–water partition coefficient (Wildman–Crippen LogP) is 2.68. The fraction of sp³-hybridized carbons (Fsp3) is 0.632. The average Bonchev–Trinajstić information content (AvgIpc) is 3.26. The lowest BCUT2D eigenvalue weighted by Crippen LogP contribution is -2.32. The van der Waals surface area contributed by atoms with E-state index in [1.807, 2.05) is 6.92 Å². The molecule has 1 aliphatic carbocycles. The second-order valence-corrected chi connectivity index (χ2v) is 8.59. The van der Waals surface area contributed by atoms with Crippen LogP contribution in [0.1, 0.15) is 58.8 Å². The number of anilines is 1. The van der Waals surface area contributed by atoms with E-state index in [4.69, 9.17) is 4.42 Å². The molecule has 1 atom stereocenters. The monoisotopic (exact) mass is 370 g/mol. The molecule has 0 radical (unpaired) electrons. The predicted molar refractivity (Wildman–Crippen MR) is 100.0 cm³/mol. The highest BCUT2D eigenvalue weighted by Crippen LogP contribution is 2.37. The molecule has 2 aliphatic rings. The first-order chi connectivity index (χ1) is 12.9. The second-order valence-electron chi connectivity index (χ2n) is 8.59. The minimum absolute atomic E-state index is 0.0833. The highest BCUT2D eigenvalue weighted by atomic mass is 16.4. The van der Waals surface area contributed by atoms with Gasteiger partial charge in [-0.3, -0.25) is 4.79 Å². The van der Waals surface area contributed by atoms with Gasteiger partial charge in [0, 0.05) is 25.0 Å². The highest BCUT2D eigenvalue weighted by molar-refractivity contribution is 5.88. The van der Waals surface area contributed by atoms with E-state index < -0.39 is 5.41 Å². The Morgan fingerprint density at radius 3 is 2.56 bits per heavy atom. The molecular weight excluding hydrogens is 344 g/mol. The van der Waals surface area contributed by atoms with Crippen molar-refractivity contribution >= 4 is 11.7 Å². The van der Waals surface area contributed by atoms with Gasteiger partial charge in [0.15, 0.2) is 11.5 Å². The maximum absolute atomic E-state index is 12.1. The van der Waals surface area contributed by atoms with E-state index in [0.29, 0.717) is 41.8 Å². The molecule has 2 aromatic heterocycles. The van der Waals surface area contributed by atoms with Gasteiger partial charge < -0.3 is 15.1 Å². The van der Waals surface area contributed by atoms with E-state index in [2.05, 4.69) is 44.6 Å². The Kier molecular flexibility index (Phi) is 4.36. The molecule has 1 saturated heterocycles. The zero-order chi connectivity index (χ0) is 19.1. The van der Waals surface area contributed by atoms with Crippen LogP contribution in [0.5, 0.6) is 0 Å². The molecule has 2 fully saturated rings. The lowest BCUT2D eigenvalue weighted by atomic mass is 9.75. The molecule has 0 spiro atoms. The van der Waals surface area contributed by atoms with E-state index in [1.54, 1.807) is 12.4 Å². The minimum atomic E-state index is -0.782. The topological polar surface area (TPSA) is 106 Å². The summed E-state index contributed by atoms with van der Waals surface area (Å²) in [4.78, 5) is 21.0. The molecule has 0 aromatic carbocycles. The maximum atomic E-state index is 12.1. The summed E-state index contributed by atoms with van der Waals surface area (Å²) in [6.07, 6.45) is 8.44. The molecule has 0 unspecified atom stereocenters. The van der Waals surface area contributed by atoms with Gasteiger partial charge in [0.25, 0.3) is 5.89 Å². The Morgan fingerprint density at radius 1 is 1.11 bits per heavy atom. The van der Waals surface area contributed by atoms with Gasteiger partial charge in [0.05, 0.1) is 0 Å². The molecule has 2 N–H and O–H groups in total. The third-order valence-corrected chi connectivity index (χ3v) is 5.89. The molecule has 1 saturated carbocycles. The lowest BCUT2D eigenvalue weighted by Gasteiger charge is -2.34. The first-order valence-electron chi connectivity index (χ1n) is 9.58. The first kappa shape index (κ1) is 17.9. The van der Waals surface area contributed by atoms with E-state index in [9.17, 15) is 4.79 Å². The number of nitrogens with one attached hydrogen (secondary N) is 2. The number of carbonyl (C=O) groups is 1. The van der Waals surface area contributed by atoms with Crippen LogP contribution in [0, 0.1) is 5.41 Å². The SMILES string of the molecule is CC1(C)CCC(Nc2nccnc2-c2nnc([C@]3(C)CCNC3=O)o2)CC1. The Balaban J connectivity index is 1.56. The Hall–Kier alpha value is -2.51. The van der Waals surface area contributed by atoms with Crippen molar-refractivity contribution in [1.29, 1.82) is 0 Å². The van der Waals surface area contributed by atoms with Crippen LogP contribution in [0.4, 0.5) is 5.82 Å². The fourth-order valence-electron chi connectivity index (χ4n) is 3.82. The van der Waals surface area contributed by atoms with Crippen LogP contribution in [0.2, 0.25) is 0 Å². The van der Waals surface area contributed by atoms with Crippen LogP contribution in [0.15, 0.2) is 16.8 Å². The molecule has 4 rings (SSSR count). The van der Waals surface area contributed by atoms with Gasteiger partial charge in [-0.25, -0.2) is 9.97 Å². The summed E-state index contributed by atoms with van der Waals surface area (Å²) < 4.78 is 5.86. The third kappa shape index (κ3) is 3.40. The number of aromatic nitrogens is 4. The molecule has 27 heavy (non-hydrogen) atoms. The zero-order valence-electron chi connectivity index (χ0n) is 16.1. The summed E-state index contributed by atoms with van der Waals surface area (Å²) in [5.41, 5.74) is 0.154. The Labute approximate surface area is 158 Å². The van der Waals surface area contributed by atoms with Crippen molar-refractivity contribution in [3.8, 4) is 11.6 Å². The quantitative estimate of drug-likeness (QED) is 0.852. The molecule has 1 aliphatic heterocycles. The average molecular weight is 370 g/mol. The molecule has 8 heteroatoms. The number of rotatable bonds is 4. The van der Waals surface area contributed by atoms with Gasteiger partial charge >= 0.3 is 0 Å². The third-order valence-electron chi connectivity index (χ3n) is 5.89. The summed E-state index contributed by atoms with van der Waals surface area (Å²) in [7, 11) is 0. The van der Waals surface area contributed by atoms with E-state index in [1.165, 1.54) is 12.8 Å². The van der Waals surface area contributed by atoms with Crippen molar-refractivity contribution in [2.45, 2.75) is 64.3 Å². The van der Waals surface area contributed by atoms with Crippen LogP contribution < -0.4 is 10.6 Å². The molecule has 0 bridgehead atoms. The molecule has 8 nitrogen and oxygen atoms in total. The van der Waals surface area contributed by atoms with Gasteiger partial charge in [0.2, 0.25) is 11.8 Å². The smallest absolute Gasteiger partial charge is 0.270 e. The van der Waals surface area contributed by atoms with E-state index in [-0.39, 0.29) is 11.8 Å². The molecule has 2 aromatic rings. The van der Waals surface area contributed by atoms with Crippen LogP contribution >= 0.6 is 0 Å². The zero-order valence-corrected chi connectivity index (χ0v) is 16.1. The number of hydrogen-bond acceptors (Lipinski definition) is 7. The second kappa shape index (κ2) is 6.58. The van der Waals surface area contributed by atoms with Crippen LogP contribution in [0.25, 0.3) is 11.6 Å². The maximum Gasteiger partial charge on any atom is 0.270 e. The number of hydrogen-bond donors (Lipinski definition) is 2. The van der Waals surface area contributed by atoms with Crippen molar-refractivity contribution in [3.63, 3.8) is 0 Å². The van der Waals surface area contributed by atoms with E-state index >= 15 is 0 Å². The number of carbonyl (C=O) groups excluding carboxylic acids is 1. The van der Waals surface area contributed by atoms with Crippen molar-refractivity contribution in [1.82, 2.24) is 25.5 Å².